The van der Waals surface area contributed by atoms with Crippen LogP contribution in [0, 0.1) is 10.1 Å². The van der Waals surface area contributed by atoms with Gasteiger partial charge in [0, 0.05) is 25.2 Å². The molecule has 1 saturated heterocycles. The molecule has 1 aromatic heterocycles. The van der Waals surface area contributed by atoms with Gasteiger partial charge in [0.2, 0.25) is 0 Å². The van der Waals surface area contributed by atoms with E-state index < -0.39 is 16.6 Å². The number of hydrogen-bond acceptors (Lipinski definition) is 7. The van der Waals surface area contributed by atoms with Crippen molar-refractivity contribution in [1.29, 1.82) is 0 Å². The van der Waals surface area contributed by atoms with Crippen molar-refractivity contribution < 1.29 is 14.5 Å². The van der Waals surface area contributed by atoms with Crippen molar-refractivity contribution >= 4 is 28.6 Å². The zero-order valence-electron chi connectivity index (χ0n) is 14.9. The second-order valence-electron chi connectivity index (χ2n) is 7.24. The molecule has 0 bridgehead atoms. The third-order valence-electron chi connectivity index (χ3n) is 3.96. The molecule has 0 aliphatic carbocycles. The highest BCUT2D eigenvalue weighted by molar-refractivity contribution is 5.78. The normalized spacial score (nSPS) is 17.3. The lowest BCUT2D eigenvalue weighted by Gasteiger charge is -2.22. The van der Waals surface area contributed by atoms with E-state index in [0.29, 0.717) is 23.4 Å². The first-order chi connectivity index (χ1) is 12.2. The minimum Gasteiger partial charge on any atom is -0.444 e. The molecule has 1 amide bonds. The van der Waals surface area contributed by atoms with Crippen molar-refractivity contribution in [2.75, 3.05) is 18.0 Å². The van der Waals surface area contributed by atoms with Gasteiger partial charge in [-0.1, -0.05) is 0 Å². The van der Waals surface area contributed by atoms with Gasteiger partial charge in [-0.15, -0.1) is 0 Å². The third kappa shape index (κ3) is 4.16. The fraction of sp³-hybridized carbons (Fsp3) is 0.471. The van der Waals surface area contributed by atoms with E-state index in [1.165, 1.54) is 12.1 Å². The molecule has 1 fully saturated rings. The topological polar surface area (TPSA) is 110 Å². The average molecular weight is 359 g/mol. The van der Waals surface area contributed by atoms with E-state index in [-0.39, 0.29) is 11.7 Å². The van der Waals surface area contributed by atoms with Gasteiger partial charge in [0.1, 0.15) is 11.4 Å². The number of benzene rings is 1. The SMILES string of the molecule is CC(C)(C)OC(=O)NC1CCN(c2cnc3cc([N+](=O)[O-])ccc3n2)C1. The number of anilines is 1. The van der Waals surface area contributed by atoms with Gasteiger partial charge < -0.3 is 15.0 Å². The molecule has 1 aliphatic rings. The van der Waals surface area contributed by atoms with Crippen LogP contribution in [0.1, 0.15) is 27.2 Å². The van der Waals surface area contributed by atoms with Crippen LogP contribution in [0.4, 0.5) is 16.3 Å². The van der Waals surface area contributed by atoms with Crippen LogP contribution in [0.3, 0.4) is 0 Å². The monoisotopic (exact) mass is 359 g/mol. The highest BCUT2D eigenvalue weighted by Gasteiger charge is 2.27. The Labute approximate surface area is 150 Å². The predicted octanol–water partition coefficient (Wildman–Crippen LogP) is 2.64. The van der Waals surface area contributed by atoms with E-state index >= 15 is 0 Å². The number of amides is 1. The number of hydrogen-bond donors (Lipinski definition) is 1. The van der Waals surface area contributed by atoms with Crippen LogP contribution in [0.15, 0.2) is 24.4 Å². The summed E-state index contributed by atoms with van der Waals surface area (Å²) in [5.74, 6) is 0.680. The summed E-state index contributed by atoms with van der Waals surface area (Å²) in [5.41, 5.74) is 0.527. The Hall–Kier alpha value is -2.97. The molecule has 9 nitrogen and oxygen atoms in total. The van der Waals surface area contributed by atoms with Crippen LogP contribution < -0.4 is 10.2 Å². The van der Waals surface area contributed by atoms with Crippen LogP contribution in [-0.4, -0.2) is 45.7 Å². The van der Waals surface area contributed by atoms with Crippen molar-refractivity contribution in [3.05, 3.63) is 34.5 Å². The molecular formula is C17H21N5O4. The van der Waals surface area contributed by atoms with E-state index in [4.69, 9.17) is 4.74 Å². The van der Waals surface area contributed by atoms with E-state index in [9.17, 15) is 14.9 Å². The van der Waals surface area contributed by atoms with E-state index in [1.54, 1.807) is 12.3 Å². The fourth-order valence-corrected chi connectivity index (χ4v) is 2.82. The molecule has 1 aliphatic heterocycles. The smallest absolute Gasteiger partial charge is 0.407 e. The van der Waals surface area contributed by atoms with Crippen molar-refractivity contribution in [2.24, 2.45) is 0 Å². The summed E-state index contributed by atoms with van der Waals surface area (Å²) in [6.07, 6.45) is 1.95. The van der Waals surface area contributed by atoms with Crippen molar-refractivity contribution in [2.45, 2.75) is 38.8 Å². The quantitative estimate of drug-likeness (QED) is 0.662. The van der Waals surface area contributed by atoms with E-state index in [2.05, 4.69) is 15.3 Å². The van der Waals surface area contributed by atoms with Gasteiger partial charge in [-0.3, -0.25) is 15.1 Å². The van der Waals surface area contributed by atoms with Gasteiger partial charge >= 0.3 is 6.09 Å². The first-order valence-electron chi connectivity index (χ1n) is 8.37. The Kier molecular flexibility index (Phi) is 4.62. The lowest BCUT2D eigenvalue weighted by Crippen LogP contribution is -2.40. The summed E-state index contributed by atoms with van der Waals surface area (Å²) in [6, 6.07) is 4.39. The Morgan fingerprint density at radius 3 is 2.85 bits per heavy atom. The summed E-state index contributed by atoms with van der Waals surface area (Å²) in [6.45, 7) is 6.80. The van der Waals surface area contributed by atoms with Gasteiger partial charge in [0.15, 0.2) is 0 Å². The fourth-order valence-electron chi connectivity index (χ4n) is 2.82. The number of nitrogens with one attached hydrogen (secondary N) is 1. The molecule has 1 N–H and O–H groups in total. The molecule has 2 aromatic rings. The van der Waals surface area contributed by atoms with Crippen molar-refractivity contribution in [3.8, 4) is 0 Å². The maximum absolute atomic E-state index is 11.9. The third-order valence-corrected chi connectivity index (χ3v) is 3.96. The second-order valence-corrected chi connectivity index (χ2v) is 7.24. The standard InChI is InChI=1S/C17H21N5O4/c1-17(2,3)26-16(23)19-11-6-7-21(10-11)15-9-18-14-8-12(22(24)25)4-5-13(14)20-15/h4-5,8-9,11H,6-7,10H2,1-3H3,(H,19,23). The summed E-state index contributed by atoms with van der Waals surface area (Å²) in [5, 5.41) is 13.7. The summed E-state index contributed by atoms with van der Waals surface area (Å²) in [4.78, 5) is 33.1. The number of non-ortho nitro benzene ring substituents is 1. The lowest BCUT2D eigenvalue weighted by atomic mass is 10.2. The van der Waals surface area contributed by atoms with Crippen molar-refractivity contribution in [1.82, 2.24) is 15.3 Å². The molecule has 0 spiro atoms. The number of alkyl carbamates (subject to hydrolysis) is 1. The maximum Gasteiger partial charge on any atom is 0.407 e. The minimum absolute atomic E-state index is 0.0117. The van der Waals surface area contributed by atoms with Crippen LogP contribution in [0.5, 0.6) is 0 Å². The average Bonchev–Trinajstić information content (AvgIpc) is 3.00. The van der Waals surface area contributed by atoms with Crippen LogP contribution in [0.2, 0.25) is 0 Å². The zero-order chi connectivity index (χ0) is 18.9. The number of carbonyl (C=O) groups excluding carboxylic acids is 1. The first-order valence-corrected chi connectivity index (χ1v) is 8.37. The molecule has 1 atom stereocenters. The Morgan fingerprint density at radius 2 is 2.15 bits per heavy atom. The molecule has 1 aromatic carbocycles. The number of nitrogens with zero attached hydrogens (tertiary/aromatic N) is 4. The molecule has 0 radical (unpaired) electrons. The molecule has 1 unspecified atom stereocenters. The predicted molar refractivity (Wildman–Crippen MR) is 96.2 cm³/mol. The Balaban J connectivity index is 1.67. The highest BCUT2D eigenvalue weighted by atomic mass is 16.6. The number of nitro benzene ring substituents is 1. The molecule has 2 heterocycles. The van der Waals surface area contributed by atoms with Gasteiger partial charge in [0.25, 0.3) is 5.69 Å². The van der Waals surface area contributed by atoms with Crippen LogP contribution in [0.25, 0.3) is 11.0 Å². The number of aromatic nitrogens is 2. The van der Waals surface area contributed by atoms with E-state index in [0.717, 1.165) is 13.0 Å². The van der Waals surface area contributed by atoms with E-state index in [1.807, 2.05) is 25.7 Å². The lowest BCUT2D eigenvalue weighted by molar-refractivity contribution is -0.384. The van der Waals surface area contributed by atoms with Crippen LogP contribution in [-0.2, 0) is 4.74 Å². The molecule has 26 heavy (non-hydrogen) atoms. The minimum atomic E-state index is -0.533. The second kappa shape index (κ2) is 6.74. The van der Waals surface area contributed by atoms with Gasteiger partial charge in [-0.2, -0.15) is 0 Å². The number of rotatable bonds is 3. The van der Waals surface area contributed by atoms with Gasteiger partial charge in [0.05, 0.1) is 28.2 Å². The highest BCUT2D eigenvalue weighted by Crippen LogP contribution is 2.23. The summed E-state index contributed by atoms with van der Waals surface area (Å²) < 4.78 is 5.28. The number of fused-ring (bicyclic) bond motifs is 1. The molecular weight excluding hydrogens is 338 g/mol. The Morgan fingerprint density at radius 1 is 1.38 bits per heavy atom. The summed E-state index contributed by atoms with van der Waals surface area (Å²) >= 11 is 0. The van der Waals surface area contributed by atoms with Gasteiger partial charge in [-0.05, 0) is 33.3 Å². The number of ether oxygens (including phenoxy) is 1. The van der Waals surface area contributed by atoms with Crippen molar-refractivity contribution in [3.63, 3.8) is 0 Å². The summed E-state index contributed by atoms with van der Waals surface area (Å²) in [7, 11) is 0. The van der Waals surface area contributed by atoms with Gasteiger partial charge in [-0.25, -0.2) is 9.78 Å². The zero-order valence-corrected chi connectivity index (χ0v) is 14.9. The molecule has 3 rings (SSSR count). The molecule has 9 heteroatoms. The first kappa shape index (κ1) is 17.8. The largest absolute Gasteiger partial charge is 0.444 e. The molecule has 0 saturated carbocycles. The number of nitro groups is 1. The van der Waals surface area contributed by atoms with Crippen LogP contribution >= 0.6 is 0 Å². The molecule has 138 valence electrons. The Bertz CT molecular complexity index is 849. The number of carbonyl (C=O) groups is 1. The maximum atomic E-state index is 11.9.